The van der Waals surface area contributed by atoms with E-state index in [-0.39, 0.29) is 0 Å². The Morgan fingerprint density at radius 1 is 1.44 bits per heavy atom. The molecule has 1 fully saturated rings. The molecule has 0 saturated carbocycles. The van der Waals surface area contributed by atoms with Gasteiger partial charge in [0.25, 0.3) is 0 Å². The second-order valence-electron chi connectivity index (χ2n) is 4.78. The molecule has 1 saturated heterocycles. The molecule has 3 nitrogen and oxygen atoms in total. The van der Waals surface area contributed by atoms with Crippen LogP contribution in [0.15, 0.2) is 24.3 Å². The van der Waals surface area contributed by atoms with E-state index < -0.39 is 0 Å². The molecule has 1 aliphatic rings. The van der Waals surface area contributed by atoms with E-state index in [0.717, 1.165) is 45.1 Å². The zero-order valence-electron chi connectivity index (χ0n) is 11.2. The van der Waals surface area contributed by atoms with E-state index in [2.05, 4.69) is 30.4 Å². The lowest BCUT2D eigenvalue weighted by Gasteiger charge is -2.10. The van der Waals surface area contributed by atoms with Gasteiger partial charge in [0.2, 0.25) is 0 Å². The average Bonchev–Trinajstić information content (AvgIpc) is 2.92. The van der Waals surface area contributed by atoms with Gasteiger partial charge in [0.15, 0.2) is 0 Å². The molecule has 2 rings (SSSR count). The lowest BCUT2D eigenvalue weighted by atomic mass is 10.1. The summed E-state index contributed by atoms with van der Waals surface area (Å²) in [7, 11) is 0. The molecule has 0 aliphatic carbocycles. The van der Waals surface area contributed by atoms with E-state index >= 15 is 0 Å². The zero-order valence-corrected chi connectivity index (χ0v) is 11.2. The van der Waals surface area contributed by atoms with E-state index in [1.165, 1.54) is 12.0 Å². The second-order valence-corrected chi connectivity index (χ2v) is 4.78. The molecule has 1 aliphatic heterocycles. The van der Waals surface area contributed by atoms with Gasteiger partial charge in [0.1, 0.15) is 12.4 Å². The summed E-state index contributed by atoms with van der Waals surface area (Å²) >= 11 is 0. The van der Waals surface area contributed by atoms with Crippen molar-refractivity contribution in [2.45, 2.75) is 19.8 Å². The smallest absolute Gasteiger partial charge is 0.119 e. The summed E-state index contributed by atoms with van der Waals surface area (Å²) in [4.78, 5) is 0. The minimum absolute atomic E-state index is 0.688. The van der Waals surface area contributed by atoms with Crippen molar-refractivity contribution in [2.75, 3.05) is 32.9 Å². The number of ether oxygens (including phenoxy) is 2. The number of hydrogen-bond donors (Lipinski definition) is 1. The number of aryl methyl sites for hydroxylation is 1. The first-order valence-electron chi connectivity index (χ1n) is 6.88. The van der Waals surface area contributed by atoms with Gasteiger partial charge in [-0.25, -0.2) is 0 Å². The first-order valence-corrected chi connectivity index (χ1v) is 6.88. The van der Waals surface area contributed by atoms with E-state index in [1.807, 2.05) is 6.07 Å². The molecule has 0 spiro atoms. The summed E-state index contributed by atoms with van der Waals surface area (Å²) in [5.74, 6) is 1.66. The Labute approximate surface area is 109 Å². The topological polar surface area (TPSA) is 30.5 Å². The van der Waals surface area contributed by atoms with Crippen molar-refractivity contribution in [3.8, 4) is 5.75 Å². The summed E-state index contributed by atoms with van der Waals surface area (Å²) < 4.78 is 11.1. The molecular weight excluding hydrogens is 226 g/mol. The maximum Gasteiger partial charge on any atom is 0.119 e. The van der Waals surface area contributed by atoms with Crippen LogP contribution in [0.3, 0.4) is 0 Å². The first-order chi connectivity index (χ1) is 8.88. The fourth-order valence-corrected chi connectivity index (χ4v) is 2.15. The Balaban J connectivity index is 1.59. The maximum atomic E-state index is 5.72. The van der Waals surface area contributed by atoms with Gasteiger partial charge in [-0.3, -0.25) is 0 Å². The normalized spacial score (nSPS) is 19.1. The molecule has 100 valence electrons. The van der Waals surface area contributed by atoms with E-state index in [9.17, 15) is 0 Å². The highest BCUT2D eigenvalue weighted by Gasteiger charge is 2.14. The summed E-state index contributed by atoms with van der Waals surface area (Å²) in [6.07, 6.45) is 2.24. The molecule has 0 amide bonds. The van der Waals surface area contributed by atoms with Crippen LogP contribution in [0.4, 0.5) is 0 Å². The highest BCUT2D eigenvalue weighted by Crippen LogP contribution is 2.13. The van der Waals surface area contributed by atoms with Gasteiger partial charge in [-0.1, -0.05) is 19.1 Å². The molecule has 1 aromatic carbocycles. The third-order valence-electron chi connectivity index (χ3n) is 3.31. The zero-order chi connectivity index (χ0) is 12.6. The maximum absolute atomic E-state index is 5.72. The fourth-order valence-electron chi connectivity index (χ4n) is 2.15. The van der Waals surface area contributed by atoms with Crippen LogP contribution < -0.4 is 10.1 Å². The third kappa shape index (κ3) is 4.31. The molecule has 0 aromatic heterocycles. The first kappa shape index (κ1) is 13.4. The Hall–Kier alpha value is -1.06. The van der Waals surface area contributed by atoms with Crippen molar-refractivity contribution in [3.05, 3.63) is 29.8 Å². The van der Waals surface area contributed by atoms with E-state index in [4.69, 9.17) is 9.47 Å². The van der Waals surface area contributed by atoms with Crippen LogP contribution in [0, 0.1) is 5.92 Å². The second kappa shape index (κ2) is 7.39. The van der Waals surface area contributed by atoms with E-state index in [0.29, 0.717) is 5.92 Å². The molecule has 3 heteroatoms. The molecule has 1 unspecified atom stereocenters. The lowest BCUT2D eigenvalue weighted by Crippen LogP contribution is -2.27. The average molecular weight is 249 g/mol. The predicted octanol–water partition coefficient (Wildman–Crippen LogP) is 2.25. The number of hydrogen-bond acceptors (Lipinski definition) is 3. The largest absolute Gasteiger partial charge is 0.492 e. The molecule has 0 radical (unpaired) electrons. The standard InChI is InChI=1S/C15H23NO2/c1-2-13-4-3-5-15(10-13)18-9-7-16-11-14-6-8-17-12-14/h3-5,10,14,16H,2,6-9,11-12H2,1H3. The lowest BCUT2D eigenvalue weighted by molar-refractivity contribution is 0.185. The number of rotatable bonds is 7. The van der Waals surface area contributed by atoms with Crippen LogP contribution in [-0.2, 0) is 11.2 Å². The van der Waals surface area contributed by atoms with Crippen molar-refractivity contribution in [2.24, 2.45) is 5.92 Å². The summed E-state index contributed by atoms with van der Waals surface area (Å²) in [5, 5.41) is 3.42. The highest BCUT2D eigenvalue weighted by atomic mass is 16.5. The van der Waals surface area contributed by atoms with Crippen molar-refractivity contribution in [1.82, 2.24) is 5.32 Å². The Bertz CT molecular complexity index is 348. The van der Waals surface area contributed by atoms with Gasteiger partial charge in [-0.15, -0.1) is 0 Å². The molecule has 18 heavy (non-hydrogen) atoms. The summed E-state index contributed by atoms with van der Waals surface area (Å²) in [6, 6.07) is 8.32. The van der Waals surface area contributed by atoms with Crippen LogP contribution >= 0.6 is 0 Å². The van der Waals surface area contributed by atoms with Gasteiger partial charge >= 0.3 is 0 Å². The Morgan fingerprint density at radius 2 is 2.39 bits per heavy atom. The van der Waals surface area contributed by atoms with Crippen LogP contribution in [-0.4, -0.2) is 32.9 Å². The molecule has 1 N–H and O–H groups in total. The summed E-state index contributed by atoms with van der Waals surface area (Å²) in [6.45, 7) is 6.65. The predicted molar refractivity (Wildman–Crippen MR) is 73.1 cm³/mol. The van der Waals surface area contributed by atoms with Crippen molar-refractivity contribution >= 4 is 0 Å². The molecular formula is C15H23NO2. The van der Waals surface area contributed by atoms with Crippen molar-refractivity contribution in [3.63, 3.8) is 0 Å². The van der Waals surface area contributed by atoms with E-state index in [1.54, 1.807) is 0 Å². The quantitative estimate of drug-likeness (QED) is 0.752. The summed E-state index contributed by atoms with van der Waals surface area (Å²) in [5.41, 5.74) is 1.32. The molecule has 0 bridgehead atoms. The highest BCUT2D eigenvalue weighted by molar-refractivity contribution is 5.28. The third-order valence-corrected chi connectivity index (χ3v) is 3.31. The van der Waals surface area contributed by atoms with Crippen molar-refractivity contribution in [1.29, 1.82) is 0 Å². The molecule has 1 heterocycles. The van der Waals surface area contributed by atoms with Crippen molar-refractivity contribution < 1.29 is 9.47 Å². The van der Waals surface area contributed by atoms with Crippen LogP contribution in [0.1, 0.15) is 18.9 Å². The minimum atomic E-state index is 0.688. The molecule has 1 atom stereocenters. The van der Waals surface area contributed by atoms with Crippen LogP contribution in [0.2, 0.25) is 0 Å². The van der Waals surface area contributed by atoms with Gasteiger partial charge in [0, 0.05) is 19.7 Å². The van der Waals surface area contributed by atoms with Crippen LogP contribution in [0.25, 0.3) is 0 Å². The number of nitrogens with one attached hydrogen (secondary N) is 1. The number of benzene rings is 1. The Kier molecular flexibility index (Phi) is 5.49. The monoisotopic (exact) mass is 249 g/mol. The Morgan fingerprint density at radius 3 is 3.17 bits per heavy atom. The van der Waals surface area contributed by atoms with Gasteiger partial charge in [0.05, 0.1) is 6.61 Å². The minimum Gasteiger partial charge on any atom is -0.492 e. The fraction of sp³-hybridized carbons (Fsp3) is 0.600. The van der Waals surface area contributed by atoms with Gasteiger partial charge in [-0.05, 0) is 36.5 Å². The van der Waals surface area contributed by atoms with Gasteiger partial charge in [-0.2, -0.15) is 0 Å². The van der Waals surface area contributed by atoms with Crippen LogP contribution in [0.5, 0.6) is 5.75 Å². The van der Waals surface area contributed by atoms with Gasteiger partial charge < -0.3 is 14.8 Å². The molecule has 1 aromatic rings. The SMILES string of the molecule is CCc1cccc(OCCNCC2CCOC2)c1.